The maximum Gasteiger partial charge on any atom is 0.315 e. The maximum atomic E-state index is 12.4. The van der Waals surface area contributed by atoms with E-state index in [1.165, 1.54) is 7.11 Å². The van der Waals surface area contributed by atoms with Crippen LogP contribution in [-0.2, 0) is 16.0 Å². The van der Waals surface area contributed by atoms with Crippen molar-refractivity contribution < 1.29 is 9.53 Å². The second-order valence-corrected chi connectivity index (χ2v) is 6.19. The third kappa shape index (κ3) is 2.63. The summed E-state index contributed by atoms with van der Waals surface area (Å²) in [6.07, 6.45) is 0.628. The van der Waals surface area contributed by atoms with E-state index in [9.17, 15) is 4.79 Å². The predicted molar refractivity (Wildman–Crippen MR) is 94.5 cm³/mol. The molecule has 0 fully saturated rings. The Balaban J connectivity index is 2.01. The number of nitrogens with zero attached hydrogens (tertiary/aromatic N) is 2. The molecule has 0 saturated carbocycles. The molecule has 122 valence electrons. The molecule has 0 aromatic heterocycles. The standard InChI is InChI=1S/C20H20N2O2/c1-13-9-10-14(16(11-13)21-2)12-18-19(20(23)24-4)15-7-5-6-8-17(15)22(18)3/h5-11,18-19H,12H2,1,3-4H3/t18-,19+/m1/s1. The van der Waals surface area contributed by atoms with Gasteiger partial charge in [-0.3, -0.25) is 4.79 Å². The minimum atomic E-state index is -0.337. The summed E-state index contributed by atoms with van der Waals surface area (Å²) in [5, 5.41) is 0. The first-order valence-corrected chi connectivity index (χ1v) is 7.93. The van der Waals surface area contributed by atoms with Crippen molar-refractivity contribution in [1.29, 1.82) is 0 Å². The monoisotopic (exact) mass is 320 g/mol. The third-order valence-corrected chi connectivity index (χ3v) is 4.78. The van der Waals surface area contributed by atoms with Crippen LogP contribution in [0.5, 0.6) is 0 Å². The predicted octanol–water partition coefficient (Wildman–Crippen LogP) is 3.86. The number of fused-ring (bicyclic) bond motifs is 1. The number of methoxy groups -OCH3 is 1. The fourth-order valence-corrected chi connectivity index (χ4v) is 3.52. The second-order valence-electron chi connectivity index (χ2n) is 6.19. The average molecular weight is 320 g/mol. The lowest BCUT2D eigenvalue weighted by Gasteiger charge is -2.26. The number of rotatable bonds is 3. The molecule has 0 radical (unpaired) electrons. The average Bonchev–Trinajstić information content (AvgIpc) is 2.88. The number of anilines is 1. The number of carbonyl (C=O) groups excluding carboxylic acids is 1. The third-order valence-electron chi connectivity index (χ3n) is 4.78. The van der Waals surface area contributed by atoms with Crippen molar-refractivity contribution >= 4 is 17.3 Å². The number of likely N-dealkylation sites (N-methyl/N-ethyl adjacent to an activating group) is 1. The van der Waals surface area contributed by atoms with E-state index in [2.05, 4.69) is 9.74 Å². The summed E-state index contributed by atoms with van der Waals surface area (Å²) in [6.45, 7) is 9.40. The summed E-state index contributed by atoms with van der Waals surface area (Å²) in [6, 6.07) is 13.8. The van der Waals surface area contributed by atoms with Crippen LogP contribution >= 0.6 is 0 Å². The smallest absolute Gasteiger partial charge is 0.315 e. The van der Waals surface area contributed by atoms with Crippen LogP contribution < -0.4 is 4.90 Å². The Morgan fingerprint density at radius 3 is 2.75 bits per heavy atom. The molecule has 0 spiro atoms. The van der Waals surface area contributed by atoms with Gasteiger partial charge in [-0.1, -0.05) is 42.0 Å². The van der Waals surface area contributed by atoms with E-state index in [-0.39, 0.29) is 17.9 Å². The van der Waals surface area contributed by atoms with Gasteiger partial charge in [0.15, 0.2) is 5.69 Å². The van der Waals surface area contributed by atoms with Gasteiger partial charge in [0.2, 0.25) is 0 Å². The van der Waals surface area contributed by atoms with E-state index in [0.29, 0.717) is 12.1 Å². The van der Waals surface area contributed by atoms with Crippen molar-refractivity contribution in [2.45, 2.75) is 25.3 Å². The summed E-state index contributed by atoms with van der Waals surface area (Å²) in [5.74, 6) is -0.565. The summed E-state index contributed by atoms with van der Waals surface area (Å²) in [5.41, 5.74) is 4.73. The first-order valence-electron chi connectivity index (χ1n) is 7.93. The molecule has 0 bridgehead atoms. The maximum absolute atomic E-state index is 12.4. The molecule has 24 heavy (non-hydrogen) atoms. The zero-order valence-corrected chi connectivity index (χ0v) is 14.1. The van der Waals surface area contributed by atoms with E-state index >= 15 is 0 Å². The summed E-state index contributed by atoms with van der Waals surface area (Å²) < 4.78 is 5.06. The van der Waals surface area contributed by atoms with E-state index in [1.807, 2.05) is 56.4 Å². The number of hydrogen-bond donors (Lipinski definition) is 0. The van der Waals surface area contributed by atoms with Crippen LogP contribution in [0, 0.1) is 13.5 Å². The zero-order valence-electron chi connectivity index (χ0n) is 14.1. The van der Waals surface area contributed by atoms with Crippen molar-refractivity contribution in [3.8, 4) is 0 Å². The highest BCUT2D eigenvalue weighted by Crippen LogP contribution is 2.42. The van der Waals surface area contributed by atoms with Gasteiger partial charge < -0.3 is 9.64 Å². The van der Waals surface area contributed by atoms with E-state index in [0.717, 1.165) is 22.4 Å². The molecular weight excluding hydrogens is 300 g/mol. The lowest BCUT2D eigenvalue weighted by molar-refractivity contribution is -0.142. The molecule has 0 unspecified atom stereocenters. The fourth-order valence-electron chi connectivity index (χ4n) is 3.52. The molecule has 0 aliphatic carbocycles. The number of para-hydroxylation sites is 1. The van der Waals surface area contributed by atoms with Gasteiger partial charge in [0.05, 0.1) is 13.7 Å². The highest BCUT2D eigenvalue weighted by Gasteiger charge is 2.41. The first kappa shape index (κ1) is 16.1. The van der Waals surface area contributed by atoms with Crippen LogP contribution in [0.25, 0.3) is 4.85 Å². The van der Waals surface area contributed by atoms with Crippen molar-refractivity contribution in [2.24, 2.45) is 0 Å². The fraction of sp³-hybridized carbons (Fsp3) is 0.300. The number of ether oxygens (including phenoxy) is 1. The minimum Gasteiger partial charge on any atom is -0.468 e. The van der Waals surface area contributed by atoms with Crippen LogP contribution in [0.3, 0.4) is 0 Å². The lowest BCUT2D eigenvalue weighted by Crippen LogP contribution is -2.36. The molecule has 4 nitrogen and oxygen atoms in total. The van der Waals surface area contributed by atoms with Crippen LogP contribution in [0.2, 0.25) is 0 Å². The van der Waals surface area contributed by atoms with Gasteiger partial charge in [-0.05, 0) is 30.5 Å². The van der Waals surface area contributed by atoms with Gasteiger partial charge in [0.25, 0.3) is 0 Å². The molecule has 1 aliphatic rings. The van der Waals surface area contributed by atoms with Crippen LogP contribution in [0.4, 0.5) is 11.4 Å². The van der Waals surface area contributed by atoms with E-state index < -0.39 is 0 Å². The minimum absolute atomic E-state index is 0.0574. The number of hydrogen-bond acceptors (Lipinski definition) is 3. The molecular formula is C20H20N2O2. The Morgan fingerprint density at radius 2 is 2.04 bits per heavy atom. The Morgan fingerprint density at radius 1 is 1.29 bits per heavy atom. The Hall–Kier alpha value is -2.80. The number of benzene rings is 2. The summed E-state index contributed by atoms with van der Waals surface area (Å²) in [7, 11) is 3.43. The van der Waals surface area contributed by atoms with E-state index in [4.69, 9.17) is 11.3 Å². The molecule has 1 heterocycles. The van der Waals surface area contributed by atoms with Crippen molar-refractivity contribution in [3.63, 3.8) is 0 Å². The van der Waals surface area contributed by atoms with Crippen LogP contribution in [0.1, 0.15) is 22.6 Å². The van der Waals surface area contributed by atoms with Gasteiger partial charge in [0, 0.05) is 18.8 Å². The molecule has 1 aliphatic heterocycles. The lowest BCUT2D eigenvalue weighted by atomic mass is 9.90. The van der Waals surface area contributed by atoms with Crippen LogP contribution in [-0.4, -0.2) is 26.2 Å². The van der Waals surface area contributed by atoms with Crippen molar-refractivity contribution in [1.82, 2.24) is 0 Å². The SMILES string of the molecule is [C-]#[N+]c1cc(C)ccc1C[C@@H]1[C@@H](C(=O)OC)c2ccccc2N1C. The Bertz CT molecular complexity index is 823. The van der Waals surface area contributed by atoms with E-state index in [1.54, 1.807) is 0 Å². The van der Waals surface area contributed by atoms with Gasteiger partial charge in [-0.15, -0.1) is 0 Å². The molecule has 2 atom stereocenters. The van der Waals surface area contributed by atoms with Crippen LogP contribution in [0.15, 0.2) is 42.5 Å². The van der Waals surface area contributed by atoms with Gasteiger partial charge >= 0.3 is 5.97 Å². The Labute approximate surface area is 142 Å². The topological polar surface area (TPSA) is 33.9 Å². The highest BCUT2D eigenvalue weighted by atomic mass is 16.5. The first-order chi connectivity index (χ1) is 11.6. The zero-order chi connectivity index (χ0) is 17.3. The molecule has 3 rings (SSSR count). The number of esters is 1. The normalized spacial score (nSPS) is 18.8. The van der Waals surface area contributed by atoms with Crippen molar-refractivity contribution in [3.05, 3.63) is 70.6 Å². The summed E-state index contributed by atoms with van der Waals surface area (Å²) in [4.78, 5) is 18.2. The molecule has 0 N–H and O–H groups in total. The van der Waals surface area contributed by atoms with Gasteiger partial charge in [0.1, 0.15) is 5.92 Å². The second kappa shape index (κ2) is 6.37. The largest absolute Gasteiger partial charge is 0.468 e. The quantitative estimate of drug-likeness (QED) is 0.636. The summed E-state index contributed by atoms with van der Waals surface area (Å²) >= 11 is 0. The highest BCUT2D eigenvalue weighted by molar-refractivity contribution is 5.85. The molecule has 0 amide bonds. The molecule has 2 aromatic carbocycles. The molecule has 0 saturated heterocycles. The van der Waals surface area contributed by atoms with Crippen molar-refractivity contribution in [2.75, 3.05) is 19.1 Å². The Kier molecular flexibility index (Phi) is 4.26. The van der Waals surface area contributed by atoms with Gasteiger partial charge in [-0.2, -0.15) is 0 Å². The molecule has 4 heteroatoms. The molecule has 2 aromatic rings. The van der Waals surface area contributed by atoms with Gasteiger partial charge in [-0.25, -0.2) is 4.85 Å². The number of carbonyl (C=O) groups is 1. The number of aryl methyl sites for hydroxylation is 1.